The highest BCUT2D eigenvalue weighted by atomic mass is 35.5. The minimum atomic E-state index is 0.209. The highest BCUT2D eigenvalue weighted by Crippen LogP contribution is 2.28. The molecule has 98 valence electrons. The molecule has 0 unspecified atom stereocenters. The lowest BCUT2D eigenvalue weighted by Crippen LogP contribution is -2.12. The summed E-state index contributed by atoms with van der Waals surface area (Å²) in [6.07, 6.45) is 2.46. The first-order valence-corrected chi connectivity index (χ1v) is 6.61. The van der Waals surface area contributed by atoms with Gasteiger partial charge in [0, 0.05) is 11.2 Å². The molecular formula is C14H13ClN2OS. The third kappa shape index (κ3) is 3.22. The number of ether oxygens (including phenoxy) is 1. The summed E-state index contributed by atoms with van der Waals surface area (Å²) in [5, 5.41) is 0.732. The molecule has 3 nitrogen and oxygen atoms in total. The van der Waals surface area contributed by atoms with Crippen molar-refractivity contribution in [3.63, 3.8) is 0 Å². The van der Waals surface area contributed by atoms with Crippen molar-refractivity contribution in [3.05, 3.63) is 52.8 Å². The van der Waals surface area contributed by atoms with Crippen molar-refractivity contribution < 1.29 is 4.74 Å². The van der Waals surface area contributed by atoms with Crippen LogP contribution in [0.25, 0.3) is 0 Å². The van der Waals surface area contributed by atoms with Crippen molar-refractivity contribution in [2.75, 3.05) is 0 Å². The zero-order valence-corrected chi connectivity index (χ0v) is 12.0. The van der Waals surface area contributed by atoms with Crippen molar-refractivity contribution in [1.82, 2.24) is 4.98 Å². The van der Waals surface area contributed by atoms with Crippen LogP contribution in [0.1, 0.15) is 18.2 Å². The van der Waals surface area contributed by atoms with Gasteiger partial charge in [0.2, 0.25) is 0 Å². The van der Waals surface area contributed by atoms with Gasteiger partial charge in [-0.1, -0.05) is 30.7 Å². The van der Waals surface area contributed by atoms with Crippen LogP contribution in [-0.4, -0.2) is 9.97 Å². The molecule has 0 radical (unpaired) electrons. The van der Waals surface area contributed by atoms with Gasteiger partial charge in [0.1, 0.15) is 16.4 Å². The van der Waals surface area contributed by atoms with Crippen molar-refractivity contribution in [1.29, 1.82) is 0 Å². The van der Waals surface area contributed by atoms with Crippen LogP contribution in [-0.2, 0) is 6.42 Å². The lowest BCUT2D eigenvalue weighted by Gasteiger charge is -2.10. The average molecular weight is 293 g/mol. The van der Waals surface area contributed by atoms with Crippen molar-refractivity contribution in [2.45, 2.75) is 13.3 Å². The second kappa shape index (κ2) is 5.99. The number of aryl methyl sites for hydroxylation is 1. The van der Waals surface area contributed by atoms with Gasteiger partial charge in [0.05, 0.1) is 0 Å². The van der Waals surface area contributed by atoms with Crippen LogP contribution in [0.2, 0.25) is 5.02 Å². The zero-order valence-electron chi connectivity index (χ0n) is 10.4. The van der Waals surface area contributed by atoms with E-state index in [4.69, 9.17) is 34.3 Å². The second-order valence-electron chi connectivity index (χ2n) is 3.92. The molecule has 0 aliphatic carbocycles. The monoisotopic (exact) mass is 292 g/mol. The number of benzene rings is 1. The van der Waals surface area contributed by atoms with Gasteiger partial charge in [-0.15, -0.1) is 0 Å². The summed E-state index contributed by atoms with van der Waals surface area (Å²) in [7, 11) is 0. The Kier molecular flexibility index (Phi) is 4.35. The summed E-state index contributed by atoms with van der Waals surface area (Å²) in [5.41, 5.74) is 7.12. The molecule has 0 bridgehead atoms. The molecule has 1 heterocycles. The Morgan fingerprint density at radius 2 is 2.21 bits per heavy atom. The number of nitrogens with zero attached hydrogens (tertiary/aromatic N) is 1. The van der Waals surface area contributed by atoms with Gasteiger partial charge >= 0.3 is 0 Å². The van der Waals surface area contributed by atoms with Crippen LogP contribution in [0.4, 0.5) is 0 Å². The number of thiocarbonyl (C=S) groups is 1. The van der Waals surface area contributed by atoms with Crippen LogP contribution in [0.5, 0.6) is 11.5 Å². The molecule has 2 N–H and O–H groups in total. The average Bonchev–Trinajstić information content (AvgIpc) is 2.41. The number of aromatic nitrogens is 1. The number of hydrogen-bond donors (Lipinski definition) is 1. The quantitative estimate of drug-likeness (QED) is 0.873. The normalized spacial score (nSPS) is 10.2. The molecule has 0 saturated heterocycles. The van der Waals surface area contributed by atoms with Crippen molar-refractivity contribution >= 4 is 28.8 Å². The van der Waals surface area contributed by atoms with E-state index in [0.29, 0.717) is 17.2 Å². The van der Waals surface area contributed by atoms with Crippen LogP contribution in [0.15, 0.2) is 36.5 Å². The van der Waals surface area contributed by atoms with E-state index < -0.39 is 0 Å². The van der Waals surface area contributed by atoms with Gasteiger partial charge in [0.25, 0.3) is 0 Å². The second-order valence-corrected chi connectivity index (χ2v) is 4.77. The predicted molar refractivity (Wildman–Crippen MR) is 81.0 cm³/mol. The first-order chi connectivity index (χ1) is 9.11. The van der Waals surface area contributed by atoms with Gasteiger partial charge in [-0.3, -0.25) is 0 Å². The Labute approximate surface area is 122 Å². The maximum Gasteiger partial charge on any atom is 0.156 e. The van der Waals surface area contributed by atoms with E-state index in [2.05, 4.69) is 4.98 Å². The fraction of sp³-hybridized carbons (Fsp3) is 0.143. The summed E-state index contributed by atoms with van der Waals surface area (Å²) in [6, 6.07) is 9.07. The smallest absolute Gasteiger partial charge is 0.156 e. The van der Waals surface area contributed by atoms with Crippen LogP contribution in [0, 0.1) is 0 Å². The summed E-state index contributed by atoms with van der Waals surface area (Å²) in [4.78, 5) is 4.33. The van der Waals surface area contributed by atoms with Gasteiger partial charge in [-0.05, 0) is 42.3 Å². The third-order valence-electron chi connectivity index (χ3n) is 2.63. The lowest BCUT2D eigenvalue weighted by molar-refractivity contribution is 0.478. The fourth-order valence-corrected chi connectivity index (χ4v) is 2.07. The molecule has 1 aromatic carbocycles. The molecule has 0 aliphatic heterocycles. The first-order valence-electron chi connectivity index (χ1n) is 5.83. The Bertz CT molecular complexity index is 616. The summed E-state index contributed by atoms with van der Waals surface area (Å²) >= 11 is 11.0. The van der Waals surface area contributed by atoms with Gasteiger partial charge in [-0.25, -0.2) is 4.98 Å². The molecule has 0 saturated carbocycles. The molecule has 1 aromatic heterocycles. The highest BCUT2D eigenvalue weighted by Gasteiger charge is 2.09. The molecular weight excluding hydrogens is 280 g/mol. The maximum atomic E-state index is 6.07. The topological polar surface area (TPSA) is 48.1 Å². The first kappa shape index (κ1) is 13.8. The van der Waals surface area contributed by atoms with Crippen LogP contribution in [0.3, 0.4) is 0 Å². The highest BCUT2D eigenvalue weighted by molar-refractivity contribution is 7.80. The van der Waals surface area contributed by atoms with Crippen molar-refractivity contribution in [2.24, 2.45) is 5.73 Å². The van der Waals surface area contributed by atoms with Gasteiger partial charge < -0.3 is 10.5 Å². The van der Waals surface area contributed by atoms with E-state index in [-0.39, 0.29) is 4.99 Å². The Morgan fingerprint density at radius 1 is 1.42 bits per heavy atom. The largest absolute Gasteiger partial charge is 0.455 e. The van der Waals surface area contributed by atoms with Gasteiger partial charge in [-0.2, -0.15) is 0 Å². The standard InChI is InChI=1S/C14H13ClN2OS/c1-2-9-8-10(5-6-11(9)15)18-12-4-3-7-17-13(12)14(16)19/h3-8H,2H2,1H3,(H2,16,19). The van der Waals surface area contributed by atoms with E-state index in [9.17, 15) is 0 Å². The molecule has 2 aromatic rings. The van der Waals surface area contributed by atoms with Crippen LogP contribution < -0.4 is 10.5 Å². The molecule has 0 fully saturated rings. The molecule has 5 heteroatoms. The Hall–Kier alpha value is -1.65. The van der Waals surface area contributed by atoms with E-state index in [1.807, 2.05) is 19.1 Å². The molecule has 2 rings (SSSR count). The Balaban J connectivity index is 2.34. The lowest BCUT2D eigenvalue weighted by atomic mass is 10.1. The Morgan fingerprint density at radius 3 is 2.89 bits per heavy atom. The molecule has 0 aliphatic rings. The minimum Gasteiger partial charge on any atom is -0.455 e. The SMILES string of the molecule is CCc1cc(Oc2cccnc2C(N)=S)ccc1Cl. The number of pyridine rings is 1. The van der Waals surface area contributed by atoms with E-state index in [1.165, 1.54) is 0 Å². The third-order valence-corrected chi connectivity index (χ3v) is 3.19. The van der Waals surface area contributed by atoms with Crippen LogP contribution >= 0.6 is 23.8 Å². The minimum absolute atomic E-state index is 0.209. The van der Waals surface area contributed by atoms with E-state index >= 15 is 0 Å². The number of nitrogens with two attached hydrogens (primary N) is 1. The van der Waals surface area contributed by atoms with Gasteiger partial charge in [0.15, 0.2) is 5.75 Å². The maximum absolute atomic E-state index is 6.07. The van der Waals surface area contributed by atoms with E-state index in [0.717, 1.165) is 17.0 Å². The number of hydrogen-bond acceptors (Lipinski definition) is 3. The predicted octanol–water partition coefficient (Wildman–Crippen LogP) is 3.72. The summed E-state index contributed by atoms with van der Waals surface area (Å²) < 4.78 is 5.78. The summed E-state index contributed by atoms with van der Waals surface area (Å²) in [5.74, 6) is 1.23. The molecule has 19 heavy (non-hydrogen) atoms. The molecule has 0 atom stereocenters. The van der Waals surface area contributed by atoms with Crippen molar-refractivity contribution in [3.8, 4) is 11.5 Å². The fourth-order valence-electron chi connectivity index (χ4n) is 1.67. The van der Waals surface area contributed by atoms with E-state index in [1.54, 1.807) is 24.4 Å². The number of rotatable bonds is 4. The zero-order chi connectivity index (χ0) is 13.8. The summed E-state index contributed by atoms with van der Waals surface area (Å²) in [6.45, 7) is 2.04. The molecule has 0 amide bonds. The number of halogens is 1. The molecule has 0 spiro atoms.